The average Bonchev–Trinajstić information content (AvgIpc) is 1.85. The summed E-state index contributed by atoms with van der Waals surface area (Å²) < 4.78 is 0. The van der Waals surface area contributed by atoms with Gasteiger partial charge in [0.25, 0.3) is 0 Å². The van der Waals surface area contributed by atoms with Gasteiger partial charge in [0.1, 0.15) is 0 Å². The van der Waals surface area contributed by atoms with Crippen molar-refractivity contribution in [1.82, 2.24) is 0 Å². The van der Waals surface area contributed by atoms with Gasteiger partial charge >= 0.3 is 0 Å². The molecular weight excluding hydrogens is 152 g/mol. The SMILES string of the molecule is C#CCC(O)CSSC. The second kappa shape index (κ2) is 6.34. The summed E-state index contributed by atoms with van der Waals surface area (Å²) in [5, 5.41) is 9.00. The number of hydrogen-bond donors (Lipinski definition) is 1. The first-order valence-corrected chi connectivity index (χ1v) is 5.31. The van der Waals surface area contributed by atoms with E-state index in [4.69, 9.17) is 11.5 Å². The maximum absolute atomic E-state index is 9.00. The molecule has 0 saturated heterocycles. The fourth-order valence-electron chi connectivity index (χ4n) is 0.342. The van der Waals surface area contributed by atoms with Crippen molar-refractivity contribution in [3.8, 4) is 12.3 Å². The fourth-order valence-corrected chi connectivity index (χ4v) is 1.63. The molecule has 0 aromatic rings. The summed E-state index contributed by atoms with van der Waals surface area (Å²) in [6, 6.07) is 0. The lowest BCUT2D eigenvalue weighted by molar-refractivity contribution is 0.206. The first-order chi connectivity index (χ1) is 4.31. The van der Waals surface area contributed by atoms with Gasteiger partial charge in [-0.2, -0.15) is 0 Å². The van der Waals surface area contributed by atoms with E-state index in [0.29, 0.717) is 6.42 Å². The molecule has 1 atom stereocenters. The van der Waals surface area contributed by atoms with Crippen LogP contribution < -0.4 is 0 Å². The number of hydrogen-bond acceptors (Lipinski definition) is 3. The van der Waals surface area contributed by atoms with Crippen LogP contribution in [0.5, 0.6) is 0 Å². The van der Waals surface area contributed by atoms with Crippen molar-refractivity contribution in [1.29, 1.82) is 0 Å². The zero-order chi connectivity index (χ0) is 7.11. The molecule has 0 amide bonds. The molecular formula is C6H10OS2. The first-order valence-electron chi connectivity index (χ1n) is 2.58. The van der Waals surface area contributed by atoms with Crippen LogP contribution in [0, 0.1) is 12.3 Å². The standard InChI is InChI=1S/C6H10OS2/c1-3-4-6(7)5-9-8-2/h1,6-7H,4-5H2,2H3. The van der Waals surface area contributed by atoms with Crippen LogP contribution in [0.15, 0.2) is 0 Å². The monoisotopic (exact) mass is 162 g/mol. The Kier molecular flexibility index (Phi) is 6.50. The summed E-state index contributed by atoms with van der Waals surface area (Å²) in [5.74, 6) is 3.13. The Morgan fingerprint density at radius 1 is 1.78 bits per heavy atom. The van der Waals surface area contributed by atoms with Gasteiger partial charge in [-0.05, 0) is 6.26 Å². The maximum atomic E-state index is 9.00. The van der Waals surface area contributed by atoms with Crippen LogP contribution in [-0.2, 0) is 0 Å². The molecule has 1 N–H and O–H groups in total. The molecule has 0 fully saturated rings. The van der Waals surface area contributed by atoms with E-state index >= 15 is 0 Å². The summed E-state index contributed by atoms with van der Waals surface area (Å²) in [6.45, 7) is 0. The van der Waals surface area contributed by atoms with Crippen LogP contribution in [0.3, 0.4) is 0 Å². The minimum atomic E-state index is -0.326. The quantitative estimate of drug-likeness (QED) is 0.498. The van der Waals surface area contributed by atoms with E-state index in [2.05, 4.69) is 5.92 Å². The second-order valence-electron chi connectivity index (χ2n) is 1.51. The second-order valence-corrected chi connectivity index (χ2v) is 4.12. The molecule has 9 heavy (non-hydrogen) atoms. The molecule has 0 aromatic heterocycles. The van der Waals surface area contributed by atoms with Crippen molar-refractivity contribution in [2.45, 2.75) is 12.5 Å². The minimum Gasteiger partial charge on any atom is -0.391 e. The van der Waals surface area contributed by atoms with Crippen molar-refractivity contribution in [3.63, 3.8) is 0 Å². The zero-order valence-corrected chi connectivity index (χ0v) is 6.97. The van der Waals surface area contributed by atoms with Gasteiger partial charge < -0.3 is 5.11 Å². The maximum Gasteiger partial charge on any atom is 0.0747 e. The lowest BCUT2D eigenvalue weighted by atomic mass is 10.3. The van der Waals surface area contributed by atoms with E-state index in [0.717, 1.165) is 5.75 Å². The zero-order valence-electron chi connectivity index (χ0n) is 5.33. The van der Waals surface area contributed by atoms with E-state index in [9.17, 15) is 0 Å². The third kappa shape index (κ3) is 6.10. The predicted octanol–water partition coefficient (Wildman–Crippen LogP) is 1.38. The number of terminal acetylenes is 1. The van der Waals surface area contributed by atoms with Gasteiger partial charge in [-0.3, -0.25) is 0 Å². The molecule has 0 aliphatic rings. The van der Waals surface area contributed by atoms with Gasteiger partial charge in [0, 0.05) is 12.2 Å². The Hall–Kier alpha value is 0.220. The van der Waals surface area contributed by atoms with Gasteiger partial charge in [-0.1, -0.05) is 21.6 Å². The van der Waals surface area contributed by atoms with Crippen molar-refractivity contribution in [3.05, 3.63) is 0 Å². The Morgan fingerprint density at radius 3 is 2.89 bits per heavy atom. The molecule has 0 aliphatic heterocycles. The Bertz CT molecular complexity index is 97.7. The summed E-state index contributed by atoms with van der Waals surface area (Å²) >= 11 is 0. The highest BCUT2D eigenvalue weighted by Crippen LogP contribution is 2.18. The van der Waals surface area contributed by atoms with Crippen molar-refractivity contribution < 1.29 is 5.11 Å². The van der Waals surface area contributed by atoms with Gasteiger partial charge in [0.2, 0.25) is 0 Å². The van der Waals surface area contributed by atoms with Crippen molar-refractivity contribution in [2.24, 2.45) is 0 Å². The smallest absolute Gasteiger partial charge is 0.0747 e. The molecule has 1 nitrogen and oxygen atoms in total. The van der Waals surface area contributed by atoms with Gasteiger partial charge in [0.15, 0.2) is 0 Å². The highest BCUT2D eigenvalue weighted by atomic mass is 33.1. The molecule has 0 rings (SSSR count). The number of aliphatic hydroxyl groups excluding tert-OH is 1. The minimum absolute atomic E-state index is 0.326. The van der Waals surface area contributed by atoms with E-state index in [1.807, 2.05) is 6.26 Å². The number of aliphatic hydroxyl groups is 1. The van der Waals surface area contributed by atoms with Crippen molar-refractivity contribution >= 4 is 21.6 Å². The first kappa shape index (κ1) is 9.22. The molecule has 0 bridgehead atoms. The van der Waals surface area contributed by atoms with Crippen LogP contribution >= 0.6 is 21.6 Å². The molecule has 0 saturated carbocycles. The van der Waals surface area contributed by atoms with E-state index in [1.54, 1.807) is 21.6 Å². The molecule has 0 aliphatic carbocycles. The Labute approximate surface area is 64.0 Å². The Morgan fingerprint density at radius 2 is 2.44 bits per heavy atom. The van der Waals surface area contributed by atoms with Crippen LogP contribution in [0.1, 0.15) is 6.42 Å². The topological polar surface area (TPSA) is 20.2 Å². The van der Waals surface area contributed by atoms with Crippen molar-refractivity contribution in [2.75, 3.05) is 12.0 Å². The normalized spacial score (nSPS) is 12.6. The highest BCUT2D eigenvalue weighted by Gasteiger charge is 1.99. The van der Waals surface area contributed by atoms with Crippen LogP contribution in [0.2, 0.25) is 0 Å². The molecule has 1 unspecified atom stereocenters. The Balaban J connectivity index is 3.08. The lowest BCUT2D eigenvalue weighted by Crippen LogP contribution is -2.06. The van der Waals surface area contributed by atoms with Crippen LogP contribution in [-0.4, -0.2) is 23.2 Å². The third-order valence-corrected chi connectivity index (χ3v) is 2.60. The van der Waals surface area contributed by atoms with Crippen LogP contribution in [0.4, 0.5) is 0 Å². The molecule has 3 heteroatoms. The summed E-state index contributed by atoms with van der Waals surface area (Å²) in [6.07, 6.45) is 7.09. The third-order valence-electron chi connectivity index (χ3n) is 0.732. The molecule has 0 heterocycles. The summed E-state index contributed by atoms with van der Waals surface area (Å²) in [5.41, 5.74) is 0. The van der Waals surface area contributed by atoms with Gasteiger partial charge in [0.05, 0.1) is 6.10 Å². The van der Waals surface area contributed by atoms with E-state index in [-0.39, 0.29) is 6.10 Å². The lowest BCUT2D eigenvalue weighted by Gasteiger charge is -2.02. The molecule has 52 valence electrons. The molecule has 0 aromatic carbocycles. The van der Waals surface area contributed by atoms with E-state index in [1.165, 1.54) is 0 Å². The molecule has 0 spiro atoms. The van der Waals surface area contributed by atoms with Gasteiger partial charge in [-0.15, -0.1) is 12.3 Å². The number of rotatable bonds is 4. The summed E-state index contributed by atoms with van der Waals surface area (Å²) in [7, 11) is 3.27. The average molecular weight is 162 g/mol. The van der Waals surface area contributed by atoms with Gasteiger partial charge in [-0.25, -0.2) is 0 Å². The predicted molar refractivity (Wildman–Crippen MR) is 45.4 cm³/mol. The fraction of sp³-hybridized carbons (Fsp3) is 0.667. The van der Waals surface area contributed by atoms with E-state index < -0.39 is 0 Å². The molecule has 0 radical (unpaired) electrons. The van der Waals surface area contributed by atoms with Crippen LogP contribution in [0.25, 0.3) is 0 Å². The largest absolute Gasteiger partial charge is 0.391 e. The highest BCUT2D eigenvalue weighted by molar-refractivity contribution is 8.76. The summed E-state index contributed by atoms with van der Waals surface area (Å²) in [4.78, 5) is 0.